The first-order chi connectivity index (χ1) is 9.76. The van der Waals surface area contributed by atoms with E-state index >= 15 is 0 Å². The quantitative estimate of drug-likeness (QED) is 0.803. The van der Waals surface area contributed by atoms with E-state index in [1.165, 1.54) is 12.3 Å². The highest BCUT2D eigenvalue weighted by atomic mass is 35.5. The molecule has 1 fully saturated rings. The molecule has 0 saturated carbocycles. The van der Waals surface area contributed by atoms with Crippen LogP contribution < -0.4 is 4.74 Å². The van der Waals surface area contributed by atoms with Crippen molar-refractivity contribution in [1.82, 2.24) is 9.88 Å². The van der Waals surface area contributed by atoms with Crippen molar-refractivity contribution in [2.75, 3.05) is 13.2 Å². The molecule has 7 heteroatoms. The van der Waals surface area contributed by atoms with Crippen molar-refractivity contribution in [3.05, 3.63) is 23.2 Å². The summed E-state index contributed by atoms with van der Waals surface area (Å²) in [5, 5.41) is -0.0925. The van der Waals surface area contributed by atoms with E-state index in [1.807, 2.05) is 20.8 Å². The monoisotopic (exact) mass is 316 g/mol. The number of carbonyl (C=O) groups excluding carboxylic acids is 1. The lowest BCUT2D eigenvalue weighted by Gasteiger charge is -2.40. The van der Waals surface area contributed by atoms with E-state index in [2.05, 4.69) is 4.98 Å². The first-order valence-corrected chi connectivity index (χ1v) is 7.07. The summed E-state index contributed by atoms with van der Waals surface area (Å²) < 4.78 is 23.7. The molecule has 1 aliphatic heterocycles. The Morgan fingerprint density at radius 3 is 2.81 bits per heavy atom. The van der Waals surface area contributed by atoms with E-state index in [9.17, 15) is 9.18 Å². The first kappa shape index (κ1) is 15.8. The van der Waals surface area contributed by atoms with Crippen LogP contribution >= 0.6 is 11.6 Å². The zero-order valence-electron chi connectivity index (χ0n) is 12.2. The van der Waals surface area contributed by atoms with Gasteiger partial charge in [-0.25, -0.2) is 9.78 Å². The van der Waals surface area contributed by atoms with Gasteiger partial charge >= 0.3 is 6.09 Å². The minimum absolute atomic E-state index is 0.0521. The van der Waals surface area contributed by atoms with Gasteiger partial charge in [0.1, 0.15) is 18.0 Å². The molecule has 1 aliphatic rings. The van der Waals surface area contributed by atoms with Gasteiger partial charge in [-0.15, -0.1) is 0 Å². The van der Waals surface area contributed by atoms with E-state index in [0.29, 0.717) is 18.9 Å². The summed E-state index contributed by atoms with van der Waals surface area (Å²) >= 11 is 5.63. The molecule has 116 valence electrons. The molecule has 1 amide bonds. The molecule has 2 rings (SSSR count). The van der Waals surface area contributed by atoms with Crippen LogP contribution in [-0.4, -0.2) is 40.8 Å². The van der Waals surface area contributed by atoms with E-state index in [-0.39, 0.29) is 17.2 Å². The topological polar surface area (TPSA) is 51.7 Å². The number of aromatic nitrogens is 1. The van der Waals surface area contributed by atoms with Gasteiger partial charge < -0.3 is 14.4 Å². The lowest BCUT2D eigenvalue weighted by molar-refractivity contribution is -0.0141. The SMILES string of the molecule is CC(C)(C)OC(=O)N1CC[C@H]1COc1cnc(F)c(Cl)c1. The van der Waals surface area contributed by atoms with Crippen molar-refractivity contribution < 1.29 is 18.7 Å². The standard InChI is InChI=1S/C14H18ClFN2O3/c1-14(2,3)21-13(19)18-5-4-9(18)8-20-10-6-11(15)12(16)17-7-10/h6-7,9H,4-5,8H2,1-3H3/t9-/m0/s1. The van der Waals surface area contributed by atoms with Gasteiger partial charge in [0, 0.05) is 12.6 Å². The average molecular weight is 317 g/mol. The second-order valence-corrected chi connectivity index (χ2v) is 6.28. The lowest BCUT2D eigenvalue weighted by Crippen LogP contribution is -2.55. The van der Waals surface area contributed by atoms with Gasteiger partial charge in [-0.3, -0.25) is 0 Å². The first-order valence-electron chi connectivity index (χ1n) is 6.70. The predicted molar refractivity (Wildman–Crippen MR) is 76.0 cm³/mol. The maximum absolute atomic E-state index is 12.9. The molecule has 0 aromatic carbocycles. The maximum Gasteiger partial charge on any atom is 0.410 e. The third kappa shape index (κ3) is 4.20. The third-order valence-electron chi connectivity index (χ3n) is 2.99. The average Bonchev–Trinajstić information content (AvgIpc) is 2.30. The smallest absolute Gasteiger partial charge is 0.410 e. The lowest BCUT2D eigenvalue weighted by atomic mass is 10.1. The molecule has 1 aromatic heterocycles. The molecule has 1 aromatic rings. The van der Waals surface area contributed by atoms with Crippen molar-refractivity contribution in [1.29, 1.82) is 0 Å². The Morgan fingerprint density at radius 2 is 2.29 bits per heavy atom. The highest BCUT2D eigenvalue weighted by molar-refractivity contribution is 6.30. The van der Waals surface area contributed by atoms with Gasteiger partial charge in [-0.05, 0) is 27.2 Å². The van der Waals surface area contributed by atoms with Gasteiger partial charge in [-0.1, -0.05) is 11.6 Å². The molecule has 0 spiro atoms. The van der Waals surface area contributed by atoms with Crippen LogP contribution in [0.15, 0.2) is 12.3 Å². The van der Waals surface area contributed by atoms with E-state index < -0.39 is 11.5 Å². The van der Waals surface area contributed by atoms with Crippen LogP contribution in [0.4, 0.5) is 9.18 Å². The highest BCUT2D eigenvalue weighted by Crippen LogP contribution is 2.23. The minimum Gasteiger partial charge on any atom is -0.490 e. The Hall–Kier alpha value is -1.56. The molecule has 1 saturated heterocycles. The van der Waals surface area contributed by atoms with E-state index in [4.69, 9.17) is 21.1 Å². The Morgan fingerprint density at radius 1 is 1.57 bits per heavy atom. The third-order valence-corrected chi connectivity index (χ3v) is 3.25. The molecule has 0 radical (unpaired) electrons. The number of ether oxygens (including phenoxy) is 2. The van der Waals surface area contributed by atoms with Crippen LogP contribution in [0.5, 0.6) is 5.75 Å². The number of hydrogen-bond donors (Lipinski definition) is 0. The van der Waals surface area contributed by atoms with Gasteiger partial charge in [-0.2, -0.15) is 4.39 Å². The molecule has 21 heavy (non-hydrogen) atoms. The van der Waals surface area contributed by atoms with Crippen LogP contribution in [0.25, 0.3) is 0 Å². The maximum atomic E-state index is 12.9. The fourth-order valence-electron chi connectivity index (χ4n) is 1.85. The summed E-state index contributed by atoms with van der Waals surface area (Å²) in [6.45, 7) is 6.40. The Labute approximate surface area is 128 Å². The fourth-order valence-corrected chi connectivity index (χ4v) is 2.01. The normalized spacial score (nSPS) is 18.1. The number of likely N-dealkylation sites (tertiary alicyclic amines) is 1. The minimum atomic E-state index is -0.733. The van der Waals surface area contributed by atoms with Gasteiger partial charge in [0.05, 0.1) is 17.3 Å². The van der Waals surface area contributed by atoms with Crippen molar-refractivity contribution in [3.8, 4) is 5.75 Å². The van der Waals surface area contributed by atoms with E-state index in [0.717, 1.165) is 6.42 Å². The summed E-state index contributed by atoms with van der Waals surface area (Å²) in [6.07, 6.45) is 1.75. The number of rotatable bonds is 3. The molecular weight excluding hydrogens is 299 g/mol. The highest BCUT2D eigenvalue weighted by Gasteiger charge is 2.35. The summed E-state index contributed by atoms with van der Waals surface area (Å²) in [5.74, 6) is -0.361. The second kappa shape index (κ2) is 6.05. The molecule has 0 aliphatic carbocycles. The summed E-state index contributed by atoms with van der Waals surface area (Å²) in [7, 11) is 0. The Bertz CT molecular complexity index is 533. The van der Waals surface area contributed by atoms with Crippen LogP contribution in [0, 0.1) is 5.95 Å². The number of nitrogens with zero attached hydrogens (tertiary/aromatic N) is 2. The zero-order valence-corrected chi connectivity index (χ0v) is 13.0. The number of halogens is 2. The number of amides is 1. The molecular formula is C14H18ClFN2O3. The molecule has 0 bridgehead atoms. The summed E-state index contributed by atoms with van der Waals surface area (Å²) in [6, 6.07) is 1.31. The largest absolute Gasteiger partial charge is 0.490 e. The van der Waals surface area contributed by atoms with Crippen LogP contribution in [0.2, 0.25) is 5.02 Å². The van der Waals surface area contributed by atoms with Crippen LogP contribution in [0.3, 0.4) is 0 Å². The van der Waals surface area contributed by atoms with Gasteiger partial charge in [0.15, 0.2) is 0 Å². The van der Waals surface area contributed by atoms with Crippen molar-refractivity contribution >= 4 is 17.7 Å². The molecule has 2 heterocycles. The molecule has 0 N–H and O–H groups in total. The Kier molecular flexibility index (Phi) is 4.56. The van der Waals surface area contributed by atoms with Gasteiger partial charge in [0.2, 0.25) is 5.95 Å². The number of carbonyl (C=O) groups is 1. The number of hydrogen-bond acceptors (Lipinski definition) is 4. The second-order valence-electron chi connectivity index (χ2n) is 5.87. The van der Waals surface area contributed by atoms with Crippen molar-refractivity contribution in [2.24, 2.45) is 0 Å². The van der Waals surface area contributed by atoms with E-state index in [1.54, 1.807) is 4.90 Å². The molecule has 1 atom stereocenters. The summed E-state index contributed by atoms with van der Waals surface area (Å²) in [4.78, 5) is 17.0. The predicted octanol–water partition coefficient (Wildman–Crippen LogP) is 3.26. The summed E-state index contributed by atoms with van der Waals surface area (Å²) in [5.41, 5.74) is -0.521. The zero-order chi connectivity index (χ0) is 15.6. The fraction of sp³-hybridized carbons (Fsp3) is 0.571. The van der Waals surface area contributed by atoms with Crippen LogP contribution in [0.1, 0.15) is 27.2 Å². The van der Waals surface area contributed by atoms with Crippen LogP contribution in [-0.2, 0) is 4.74 Å². The van der Waals surface area contributed by atoms with Crippen molar-refractivity contribution in [2.45, 2.75) is 38.8 Å². The molecule has 0 unspecified atom stereocenters. The Balaban J connectivity index is 1.86. The number of pyridine rings is 1. The van der Waals surface area contributed by atoms with Crippen molar-refractivity contribution in [3.63, 3.8) is 0 Å². The van der Waals surface area contributed by atoms with Gasteiger partial charge in [0.25, 0.3) is 0 Å². The molecule has 5 nitrogen and oxygen atoms in total.